The Hall–Kier alpha value is -3.28. The summed E-state index contributed by atoms with van der Waals surface area (Å²) in [6.45, 7) is 4.63. The molecule has 0 radical (unpaired) electrons. The molecule has 0 saturated carbocycles. The second-order valence-corrected chi connectivity index (χ2v) is 6.63. The number of esters is 1. The van der Waals surface area contributed by atoms with Gasteiger partial charge in [0.2, 0.25) is 5.89 Å². The lowest BCUT2D eigenvalue weighted by atomic mass is 10.2. The number of carbonyl (C=O) groups excluding carboxylic acids is 1. The average Bonchev–Trinajstić information content (AvgIpc) is 3.20. The molecule has 0 atom stereocenters. The number of ether oxygens (including phenoxy) is 3. The van der Waals surface area contributed by atoms with Gasteiger partial charge in [-0.15, -0.1) is 0 Å². The highest BCUT2D eigenvalue weighted by Gasteiger charge is 2.14. The Kier molecular flexibility index (Phi) is 6.32. The van der Waals surface area contributed by atoms with Crippen LogP contribution in [0.25, 0.3) is 11.3 Å². The van der Waals surface area contributed by atoms with Gasteiger partial charge in [0.15, 0.2) is 23.9 Å². The van der Waals surface area contributed by atoms with Crippen molar-refractivity contribution >= 4 is 5.97 Å². The fourth-order valence-electron chi connectivity index (χ4n) is 2.49. The van der Waals surface area contributed by atoms with Gasteiger partial charge in [-0.2, -0.15) is 0 Å². The van der Waals surface area contributed by atoms with Crippen LogP contribution in [0.2, 0.25) is 0 Å². The molecule has 3 aromatic rings. The number of oxazole rings is 1. The quantitative estimate of drug-likeness (QED) is 0.525. The Balaban J connectivity index is 1.62. The van der Waals surface area contributed by atoms with Gasteiger partial charge in [0.25, 0.3) is 0 Å². The third-order valence-corrected chi connectivity index (χ3v) is 3.91. The predicted molar refractivity (Wildman–Crippen MR) is 104 cm³/mol. The summed E-state index contributed by atoms with van der Waals surface area (Å²) in [4.78, 5) is 16.5. The maximum absolute atomic E-state index is 12.4. The van der Waals surface area contributed by atoms with E-state index in [0.717, 1.165) is 5.56 Å². The van der Waals surface area contributed by atoms with Gasteiger partial charge in [-0.3, -0.25) is 0 Å². The Morgan fingerprint density at radius 3 is 2.61 bits per heavy atom. The van der Waals surface area contributed by atoms with E-state index in [2.05, 4.69) is 18.8 Å². The van der Waals surface area contributed by atoms with Gasteiger partial charge in [-0.25, -0.2) is 9.78 Å². The van der Waals surface area contributed by atoms with Crippen molar-refractivity contribution in [1.29, 1.82) is 0 Å². The Morgan fingerprint density at radius 1 is 1.11 bits per heavy atom. The molecule has 0 fully saturated rings. The highest BCUT2D eigenvalue weighted by Crippen LogP contribution is 2.29. The third kappa shape index (κ3) is 4.91. The maximum Gasteiger partial charge on any atom is 0.338 e. The molecule has 1 heterocycles. The zero-order valence-corrected chi connectivity index (χ0v) is 16.2. The van der Waals surface area contributed by atoms with Crippen molar-refractivity contribution in [1.82, 2.24) is 4.98 Å². The minimum atomic E-state index is -0.492. The minimum Gasteiger partial charge on any atom is -0.493 e. The summed E-state index contributed by atoms with van der Waals surface area (Å²) in [5.41, 5.74) is 1.28. The van der Waals surface area contributed by atoms with Gasteiger partial charge in [0.05, 0.1) is 25.5 Å². The fourth-order valence-corrected chi connectivity index (χ4v) is 2.49. The molecule has 0 amide bonds. The fraction of sp³-hybridized carbons (Fsp3) is 0.273. The smallest absolute Gasteiger partial charge is 0.338 e. The lowest BCUT2D eigenvalue weighted by molar-refractivity contribution is 0.0438. The van der Waals surface area contributed by atoms with Crippen LogP contribution in [0.15, 0.2) is 59.1 Å². The Bertz CT molecular complexity index is 918. The van der Waals surface area contributed by atoms with Crippen molar-refractivity contribution < 1.29 is 23.4 Å². The van der Waals surface area contributed by atoms with E-state index in [4.69, 9.17) is 18.6 Å². The first kappa shape index (κ1) is 19.5. The van der Waals surface area contributed by atoms with Crippen molar-refractivity contribution in [2.45, 2.75) is 20.5 Å². The van der Waals surface area contributed by atoms with E-state index in [1.165, 1.54) is 7.11 Å². The van der Waals surface area contributed by atoms with E-state index < -0.39 is 5.97 Å². The zero-order chi connectivity index (χ0) is 19.9. The molecule has 3 rings (SSSR count). The molecular formula is C22H23NO5. The van der Waals surface area contributed by atoms with Crippen LogP contribution in [0.1, 0.15) is 30.1 Å². The predicted octanol–water partition coefficient (Wildman–Crippen LogP) is 4.74. The molecule has 0 N–H and O–H groups in total. The Labute approximate surface area is 164 Å². The summed E-state index contributed by atoms with van der Waals surface area (Å²) < 4.78 is 22.0. The largest absolute Gasteiger partial charge is 0.493 e. The van der Waals surface area contributed by atoms with E-state index in [9.17, 15) is 4.79 Å². The van der Waals surface area contributed by atoms with E-state index in [1.54, 1.807) is 24.4 Å². The molecular weight excluding hydrogens is 358 g/mol. The van der Waals surface area contributed by atoms with Crippen molar-refractivity contribution in [2.24, 2.45) is 5.92 Å². The molecule has 1 aromatic heterocycles. The molecule has 2 aromatic carbocycles. The number of hydrogen-bond donors (Lipinski definition) is 0. The second-order valence-electron chi connectivity index (χ2n) is 6.63. The molecule has 0 bridgehead atoms. The van der Waals surface area contributed by atoms with Crippen molar-refractivity contribution in [3.05, 3.63) is 66.2 Å². The molecule has 0 aliphatic rings. The zero-order valence-electron chi connectivity index (χ0n) is 16.2. The summed E-state index contributed by atoms with van der Waals surface area (Å²) in [5, 5.41) is 0. The van der Waals surface area contributed by atoms with Crippen LogP contribution in [-0.2, 0) is 11.3 Å². The molecule has 146 valence electrons. The molecule has 6 nitrogen and oxygen atoms in total. The standard InChI is InChI=1S/C22H23NO5/c1-15(2)13-26-18-10-9-17(11-19(18)25-3)22(24)27-14-21-23-12-20(28-21)16-7-5-4-6-8-16/h4-12,15H,13-14H2,1-3H3. The molecule has 0 aliphatic heterocycles. The van der Waals surface area contributed by atoms with Gasteiger partial charge in [-0.1, -0.05) is 44.2 Å². The first-order chi connectivity index (χ1) is 13.6. The lowest BCUT2D eigenvalue weighted by Crippen LogP contribution is -2.08. The van der Waals surface area contributed by atoms with Gasteiger partial charge >= 0.3 is 5.97 Å². The molecule has 0 aliphatic carbocycles. The van der Waals surface area contributed by atoms with Gasteiger partial charge < -0.3 is 18.6 Å². The molecule has 28 heavy (non-hydrogen) atoms. The topological polar surface area (TPSA) is 70.8 Å². The number of carbonyl (C=O) groups is 1. The van der Waals surface area contributed by atoms with Gasteiger partial charge in [-0.05, 0) is 24.1 Å². The summed E-state index contributed by atoms with van der Waals surface area (Å²) in [6, 6.07) is 14.6. The van der Waals surface area contributed by atoms with Crippen molar-refractivity contribution in [3.8, 4) is 22.8 Å². The van der Waals surface area contributed by atoms with E-state index >= 15 is 0 Å². The summed E-state index contributed by atoms with van der Waals surface area (Å²) in [7, 11) is 1.53. The number of aromatic nitrogens is 1. The molecule has 0 spiro atoms. The van der Waals surface area contributed by atoms with Crippen LogP contribution in [-0.4, -0.2) is 24.7 Å². The first-order valence-electron chi connectivity index (χ1n) is 9.05. The first-order valence-corrected chi connectivity index (χ1v) is 9.05. The van der Waals surface area contributed by atoms with E-state index in [-0.39, 0.29) is 6.61 Å². The van der Waals surface area contributed by atoms with Crippen molar-refractivity contribution in [3.63, 3.8) is 0 Å². The van der Waals surface area contributed by atoms with Gasteiger partial charge in [0.1, 0.15) is 0 Å². The Morgan fingerprint density at radius 2 is 1.89 bits per heavy atom. The van der Waals surface area contributed by atoms with E-state index in [1.807, 2.05) is 30.3 Å². The van der Waals surface area contributed by atoms with Crippen molar-refractivity contribution in [2.75, 3.05) is 13.7 Å². The van der Waals surface area contributed by atoms with Crippen LogP contribution in [0.5, 0.6) is 11.5 Å². The van der Waals surface area contributed by atoms with Gasteiger partial charge in [0, 0.05) is 5.56 Å². The molecule has 0 saturated heterocycles. The number of hydrogen-bond acceptors (Lipinski definition) is 6. The second kappa shape index (κ2) is 9.08. The molecule has 6 heteroatoms. The number of methoxy groups -OCH3 is 1. The number of rotatable bonds is 8. The number of nitrogens with zero attached hydrogens (tertiary/aromatic N) is 1. The third-order valence-electron chi connectivity index (χ3n) is 3.91. The minimum absolute atomic E-state index is 0.0560. The summed E-state index contributed by atoms with van der Waals surface area (Å²) >= 11 is 0. The normalized spacial score (nSPS) is 10.7. The monoisotopic (exact) mass is 381 g/mol. The maximum atomic E-state index is 12.4. The summed E-state index contributed by atoms with van der Waals surface area (Å²) in [6.07, 6.45) is 1.61. The van der Waals surface area contributed by atoms with Crippen LogP contribution in [0, 0.1) is 5.92 Å². The van der Waals surface area contributed by atoms with Crippen LogP contribution in [0.4, 0.5) is 0 Å². The number of benzene rings is 2. The van der Waals surface area contributed by atoms with Crippen LogP contribution >= 0.6 is 0 Å². The highest BCUT2D eigenvalue weighted by atomic mass is 16.5. The average molecular weight is 381 g/mol. The van der Waals surface area contributed by atoms with E-state index in [0.29, 0.717) is 41.2 Å². The highest BCUT2D eigenvalue weighted by molar-refractivity contribution is 5.90. The summed E-state index contributed by atoms with van der Waals surface area (Å²) in [5.74, 6) is 1.92. The molecule has 0 unspecified atom stereocenters. The lowest BCUT2D eigenvalue weighted by Gasteiger charge is -2.13. The van der Waals surface area contributed by atoms with Crippen LogP contribution in [0.3, 0.4) is 0 Å². The SMILES string of the molecule is COc1cc(C(=O)OCc2ncc(-c3ccccc3)o2)ccc1OCC(C)C. The van der Waals surface area contributed by atoms with Crippen LogP contribution < -0.4 is 9.47 Å².